The average molecular weight is 389 g/mol. The van der Waals surface area contributed by atoms with Crippen LogP contribution in [0, 0.1) is 0 Å². The van der Waals surface area contributed by atoms with Crippen LogP contribution in [0.1, 0.15) is 43.7 Å². The number of tetrazole rings is 1. The summed E-state index contributed by atoms with van der Waals surface area (Å²) in [4.78, 5) is 17.7. The van der Waals surface area contributed by atoms with Crippen LogP contribution in [0.25, 0.3) is 0 Å². The molecule has 0 radical (unpaired) electrons. The molecule has 4 rings (SSSR count). The highest BCUT2D eigenvalue weighted by atomic mass is 35.5. The van der Waals surface area contributed by atoms with Gasteiger partial charge in [-0.15, -0.1) is 5.10 Å². The Morgan fingerprint density at radius 3 is 2.52 bits per heavy atom. The van der Waals surface area contributed by atoms with Crippen LogP contribution in [-0.2, 0) is 11.3 Å². The summed E-state index contributed by atoms with van der Waals surface area (Å²) in [6.45, 7) is 3.23. The fourth-order valence-electron chi connectivity index (χ4n) is 4.16. The van der Waals surface area contributed by atoms with Gasteiger partial charge in [-0.1, -0.05) is 36.6 Å². The molecule has 3 heterocycles. The predicted molar refractivity (Wildman–Crippen MR) is 102 cm³/mol. The first-order valence-electron chi connectivity index (χ1n) is 9.70. The van der Waals surface area contributed by atoms with Gasteiger partial charge in [-0.25, -0.2) is 4.68 Å². The van der Waals surface area contributed by atoms with Crippen LogP contribution in [0.3, 0.4) is 0 Å². The Labute approximate surface area is 164 Å². The van der Waals surface area contributed by atoms with Gasteiger partial charge in [0.05, 0.1) is 12.1 Å². The third-order valence-corrected chi connectivity index (χ3v) is 5.87. The summed E-state index contributed by atoms with van der Waals surface area (Å²) in [5.74, 6) is 0.251. The van der Waals surface area contributed by atoms with Gasteiger partial charge in [0.25, 0.3) is 0 Å². The minimum absolute atomic E-state index is 0.119. The van der Waals surface area contributed by atoms with Gasteiger partial charge in [0.15, 0.2) is 0 Å². The van der Waals surface area contributed by atoms with Crippen LogP contribution in [0.4, 0.5) is 0 Å². The second kappa shape index (κ2) is 8.35. The van der Waals surface area contributed by atoms with E-state index in [2.05, 4.69) is 25.3 Å². The van der Waals surface area contributed by atoms with Crippen LogP contribution in [-0.4, -0.2) is 61.6 Å². The van der Waals surface area contributed by atoms with Crippen molar-refractivity contribution in [1.82, 2.24) is 30.0 Å². The van der Waals surface area contributed by atoms with Gasteiger partial charge in [-0.2, -0.15) is 0 Å². The van der Waals surface area contributed by atoms with Gasteiger partial charge in [0.1, 0.15) is 6.33 Å². The van der Waals surface area contributed by atoms with Crippen molar-refractivity contribution in [2.45, 2.75) is 50.7 Å². The number of likely N-dealkylation sites (tertiary alicyclic amines) is 2. The lowest BCUT2D eigenvalue weighted by atomic mass is 10.1. The maximum atomic E-state index is 13.3. The number of aromatic nitrogens is 4. The van der Waals surface area contributed by atoms with E-state index < -0.39 is 0 Å². The van der Waals surface area contributed by atoms with Crippen LogP contribution in [0.2, 0.25) is 5.02 Å². The van der Waals surface area contributed by atoms with Crippen LogP contribution in [0.5, 0.6) is 0 Å². The van der Waals surface area contributed by atoms with Crippen molar-refractivity contribution in [3.05, 3.63) is 41.2 Å². The van der Waals surface area contributed by atoms with E-state index in [9.17, 15) is 4.79 Å². The SMILES string of the molecule is O=C([C@@H]1C[C@@H](n2cnnn2)CN1Cc1ccc(Cl)cc1)N1CCCCCC1. The number of amides is 1. The smallest absolute Gasteiger partial charge is 0.240 e. The molecule has 0 bridgehead atoms. The molecule has 0 N–H and O–H groups in total. The van der Waals surface area contributed by atoms with Gasteiger partial charge >= 0.3 is 0 Å². The number of rotatable bonds is 4. The third kappa shape index (κ3) is 4.30. The minimum atomic E-state index is -0.132. The van der Waals surface area contributed by atoms with E-state index in [1.54, 1.807) is 11.0 Å². The summed E-state index contributed by atoms with van der Waals surface area (Å²) in [5, 5.41) is 12.3. The lowest BCUT2D eigenvalue weighted by Gasteiger charge is -2.29. The van der Waals surface area contributed by atoms with E-state index in [-0.39, 0.29) is 18.0 Å². The predicted octanol–water partition coefficient (Wildman–Crippen LogP) is 2.54. The minimum Gasteiger partial charge on any atom is -0.341 e. The second-order valence-corrected chi connectivity index (χ2v) is 7.93. The zero-order valence-electron chi connectivity index (χ0n) is 15.4. The van der Waals surface area contributed by atoms with E-state index in [4.69, 9.17) is 11.6 Å². The fourth-order valence-corrected chi connectivity index (χ4v) is 4.29. The molecule has 27 heavy (non-hydrogen) atoms. The molecule has 144 valence electrons. The third-order valence-electron chi connectivity index (χ3n) is 5.62. The lowest BCUT2D eigenvalue weighted by Crippen LogP contribution is -2.45. The Kier molecular flexibility index (Phi) is 5.69. The summed E-state index contributed by atoms with van der Waals surface area (Å²) in [5.41, 5.74) is 1.16. The molecular weight excluding hydrogens is 364 g/mol. The number of hydrogen-bond donors (Lipinski definition) is 0. The molecule has 0 aliphatic carbocycles. The van der Waals surface area contributed by atoms with Crippen molar-refractivity contribution in [1.29, 1.82) is 0 Å². The number of carbonyl (C=O) groups is 1. The van der Waals surface area contributed by atoms with Crippen LogP contribution < -0.4 is 0 Å². The molecule has 2 fully saturated rings. The van der Waals surface area contributed by atoms with Crippen molar-refractivity contribution in [2.75, 3.05) is 19.6 Å². The number of carbonyl (C=O) groups excluding carboxylic acids is 1. The molecule has 0 spiro atoms. The summed E-state index contributed by atoms with van der Waals surface area (Å²) >= 11 is 6.02. The number of benzene rings is 1. The van der Waals surface area contributed by atoms with Crippen molar-refractivity contribution in [3.63, 3.8) is 0 Å². The van der Waals surface area contributed by atoms with Gasteiger partial charge in [-0.3, -0.25) is 9.69 Å². The Morgan fingerprint density at radius 1 is 1.11 bits per heavy atom. The first-order valence-corrected chi connectivity index (χ1v) is 10.1. The quantitative estimate of drug-likeness (QED) is 0.805. The second-order valence-electron chi connectivity index (χ2n) is 7.49. The van der Waals surface area contributed by atoms with Crippen molar-refractivity contribution < 1.29 is 4.79 Å². The molecule has 2 aliphatic heterocycles. The standard InChI is InChI=1S/C19H25ClN6O/c20-16-7-5-15(6-8-16)12-25-13-17(26-14-21-22-23-26)11-18(25)19(27)24-9-3-1-2-4-10-24/h5-8,14,17-18H,1-4,9-13H2/t17-,18+/m1/s1. The number of hydrogen-bond acceptors (Lipinski definition) is 5. The molecule has 0 saturated carbocycles. The molecule has 1 amide bonds. The Bertz CT molecular complexity index is 742. The Morgan fingerprint density at radius 2 is 1.85 bits per heavy atom. The van der Waals surface area contributed by atoms with Crippen molar-refractivity contribution >= 4 is 17.5 Å². The molecule has 2 aromatic rings. The summed E-state index contributed by atoms with van der Waals surface area (Å²) in [7, 11) is 0. The number of nitrogens with zero attached hydrogens (tertiary/aromatic N) is 6. The molecule has 8 heteroatoms. The van der Waals surface area contributed by atoms with Gasteiger partial charge in [0.2, 0.25) is 5.91 Å². The Hall–Kier alpha value is -1.99. The highest BCUT2D eigenvalue weighted by Gasteiger charge is 2.40. The molecule has 1 aromatic heterocycles. The first kappa shape index (κ1) is 18.4. The van der Waals surface area contributed by atoms with E-state index >= 15 is 0 Å². The van der Waals surface area contributed by atoms with E-state index in [0.717, 1.165) is 56.0 Å². The van der Waals surface area contributed by atoms with Gasteiger partial charge in [0, 0.05) is 31.2 Å². The summed E-state index contributed by atoms with van der Waals surface area (Å²) < 4.78 is 1.78. The molecule has 2 atom stereocenters. The zero-order valence-corrected chi connectivity index (χ0v) is 16.1. The van der Waals surface area contributed by atoms with Gasteiger partial charge in [-0.05, 0) is 47.4 Å². The van der Waals surface area contributed by atoms with Crippen molar-refractivity contribution in [3.8, 4) is 0 Å². The molecule has 2 saturated heterocycles. The van der Waals surface area contributed by atoms with Crippen LogP contribution in [0.15, 0.2) is 30.6 Å². The monoisotopic (exact) mass is 388 g/mol. The van der Waals surface area contributed by atoms with E-state index in [1.165, 1.54) is 12.8 Å². The number of halogens is 1. The van der Waals surface area contributed by atoms with E-state index in [1.807, 2.05) is 24.3 Å². The highest BCUT2D eigenvalue weighted by molar-refractivity contribution is 6.30. The normalized spacial score (nSPS) is 24.1. The zero-order chi connectivity index (χ0) is 18.6. The molecule has 7 nitrogen and oxygen atoms in total. The average Bonchev–Trinajstić information content (AvgIpc) is 3.27. The molecule has 1 aromatic carbocycles. The maximum absolute atomic E-state index is 13.3. The highest BCUT2D eigenvalue weighted by Crippen LogP contribution is 2.30. The topological polar surface area (TPSA) is 67.2 Å². The van der Waals surface area contributed by atoms with Crippen LogP contribution >= 0.6 is 11.6 Å². The van der Waals surface area contributed by atoms with Gasteiger partial charge < -0.3 is 4.90 Å². The first-order chi connectivity index (χ1) is 13.2. The fraction of sp³-hybridized carbons (Fsp3) is 0.579. The summed E-state index contributed by atoms with van der Waals surface area (Å²) in [6.07, 6.45) is 7.03. The van der Waals surface area contributed by atoms with E-state index in [0.29, 0.717) is 0 Å². The Balaban J connectivity index is 1.53. The largest absolute Gasteiger partial charge is 0.341 e. The lowest BCUT2D eigenvalue weighted by molar-refractivity contribution is -0.136. The van der Waals surface area contributed by atoms with Crippen molar-refractivity contribution in [2.24, 2.45) is 0 Å². The summed E-state index contributed by atoms with van der Waals surface area (Å²) in [6, 6.07) is 7.84. The molecule has 2 aliphatic rings. The molecular formula is C19H25ClN6O. The maximum Gasteiger partial charge on any atom is 0.240 e. The molecule has 0 unspecified atom stereocenters.